The molecule has 2 rings (SSSR count). The van der Waals surface area contributed by atoms with Crippen molar-refractivity contribution in [3.63, 3.8) is 0 Å². The second-order valence-electron chi connectivity index (χ2n) is 4.67. The standard InChI is InChI=1S/C13H17N5O4/c1-17-6-9(5-16-17)7-18(3-4-22-2)12(19)10-11(13(20)21)15-8-14-10/h5-6,8H,3-4,7H2,1-2H3,(H,14,15)(H,20,21). The number of carbonyl (C=O) groups excluding carboxylic acids is 1. The number of carbonyl (C=O) groups is 2. The van der Waals surface area contributed by atoms with Crippen LogP contribution in [0.15, 0.2) is 18.7 Å². The third-order valence-corrected chi connectivity index (χ3v) is 3.04. The molecular formula is C13H17N5O4. The van der Waals surface area contributed by atoms with Gasteiger partial charge in [-0.15, -0.1) is 0 Å². The minimum atomic E-state index is -1.23. The number of methoxy groups -OCH3 is 1. The van der Waals surface area contributed by atoms with Crippen LogP contribution in [0.2, 0.25) is 0 Å². The van der Waals surface area contributed by atoms with Crippen molar-refractivity contribution in [2.24, 2.45) is 7.05 Å². The topological polar surface area (TPSA) is 113 Å². The van der Waals surface area contributed by atoms with Gasteiger partial charge < -0.3 is 19.7 Å². The highest BCUT2D eigenvalue weighted by Crippen LogP contribution is 2.11. The van der Waals surface area contributed by atoms with Crippen LogP contribution in [0, 0.1) is 0 Å². The Morgan fingerprint density at radius 1 is 1.50 bits per heavy atom. The normalized spacial score (nSPS) is 10.6. The van der Waals surface area contributed by atoms with Crippen LogP contribution in [0.5, 0.6) is 0 Å². The molecule has 1 amide bonds. The maximum absolute atomic E-state index is 12.5. The van der Waals surface area contributed by atoms with Gasteiger partial charge in [-0.2, -0.15) is 5.10 Å². The lowest BCUT2D eigenvalue weighted by atomic mass is 10.2. The maximum atomic E-state index is 12.5. The molecule has 0 atom stereocenters. The Labute approximate surface area is 126 Å². The third-order valence-electron chi connectivity index (χ3n) is 3.04. The number of aromatic carboxylic acids is 1. The van der Waals surface area contributed by atoms with Gasteiger partial charge in [-0.05, 0) is 0 Å². The van der Waals surface area contributed by atoms with Crippen molar-refractivity contribution in [1.82, 2.24) is 24.6 Å². The van der Waals surface area contributed by atoms with E-state index >= 15 is 0 Å². The number of ether oxygens (including phenoxy) is 1. The summed E-state index contributed by atoms with van der Waals surface area (Å²) in [7, 11) is 3.31. The summed E-state index contributed by atoms with van der Waals surface area (Å²) in [5.74, 6) is -1.70. The van der Waals surface area contributed by atoms with Crippen LogP contribution < -0.4 is 0 Å². The summed E-state index contributed by atoms with van der Waals surface area (Å²) in [6.07, 6.45) is 4.63. The van der Waals surface area contributed by atoms with Crippen molar-refractivity contribution in [3.8, 4) is 0 Å². The summed E-state index contributed by atoms with van der Waals surface area (Å²) in [5, 5.41) is 13.1. The van der Waals surface area contributed by atoms with Crippen LogP contribution in [0.1, 0.15) is 26.5 Å². The van der Waals surface area contributed by atoms with Crippen molar-refractivity contribution >= 4 is 11.9 Å². The van der Waals surface area contributed by atoms with Crippen molar-refractivity contribution in [2.45, 2.75) is 6.54 Å². The number of rotatable bonds is 7. The molecule has 0 aliphatic carbocycles. The lowest BCUT2D eigenvalue weighted by Crippen LogP contribution is -2.34. The number of nitrogens with one attached hydrogen (secondary N) is 1. The summed E-state index contributed by atoms with van der Waals surface area (Å²) in [4.78, 5) is 31.4. The van der Waals surface area contributed by atoms with Crippen molar-refractivity contribution < 1.29 is 19.4 Å². The first kappa shape index (κ1) is 15.7. The van der Waals surface area contributed by atoms with Crippen molar-refractivity contribution in [1.29, 1.82) is 0 Å². The number of aromatic amines is 1. The number of hydrogen-bond acceptors (Lipinski definition) is 5. The zero-order valence-electron chi connectivity index (χ0n) is 12.3. The zero-order chi connectivity index (χ0) is 16.1. The SMILES string of the molecule is COCCN(Cc1cnn(C)c1)C(=O)c1nc[nH]c1C(=O)O. The van der Waals surface area contributed by atoms with Gasteiger partial charge >= 0.3 is 5.97 Å². The van der Waals surface area contributed by atoms with E-state index in [-0.39, 0.29) is 11.4 Å². The van der Waals surface area contributed by atoms with Crippen LogP contribution in [-0.2, 0) is 18.3 Å². The molecule has 2 heterocycles. The highest BCUT2D eigenvalue weighted by Gasteiger charge is 2.25. The summed E-state index contributed by atoms with van der Waals surface area (Å²) in [6, 6.07) is 0. The van der Waals surface area contributed by atoms with Gasteiger partial charge in [-0.25, -0.2) is 9.78 Å². The number of amides is 1. The van der Waals surface area contributed by atoms with Crippen molar-refractivity contribution in [3.05, 3.63) is 35.7 Å². The molecule has 0 aromatic carbocycles. The van der Waals surface area contributed by atoms with Gasteiger partial charge in [-0.3, -0.25) is 9.48 Å². The third kappa shape index (κ3) is 3.50. The maximum Gasteiger partial charge on any atom is 0.354 e. The van der Waals surface area contributed by atoms with E-state index < -0.39 is 11.9 Å². The van der Waals surface area contributed by atoms with Crippen molar-refractivity contribution in [2.75, 3.05) is 20.3 Å². The Bertz CT molecular complexity index is 663. The number of carboxylic acids is 1. The molecular weight excluding hydrogens is 290 g/mol. The summed E-state index contributed by atoms with van der Waals surface area (Å²) < 4.78 is 6.63. The molecule has 9 nitrogen and oxygen atoms in total. The monoisotopic (exact) mass is 307 g/mol. The molecule has 9 heteroatoms. The lowest BCUT2D eigenvalue weighted by molar-refractivity contribution is 0.0640. The van der Waals surface area contributed by atoms with Gasteiger partial charge in [0.05, 0.1) is 19.1 Å². The van der Waals surface area contributed by atoms with E-state index in [1.54, 1.807) is 24.1 Å². The molecule has 0 fully saturated rings. The van der Waals surface area contributed by atoms with Gasteiger partial charge in [0.1, 0.15) is 0 Å². The highest BCUT2D eigenvalue weighted by atomic mass is 16.5. The predicted octanol–water partition coefficient (Wildman–Crippen LogP) is 0.130. The van der Waals surface area contributed by atoms with E-state index in [2.05, 4.69) is 15.1 Å². The fourth-order valence-corrected chi connectivity index (χ4v) is 2.00. The van der Waals surface area contributed by atoms with Gasteiger partial charge in [0.25, 0.3) is 5.91 Å². The lowest BCUT2D eigenvalue weighted by Gasteiger charge is -2.21. The molecule has 0 spiro atoms. The smallest absolute Gasteiger partial charge is 0.354 e. The number of H-pyrrole nitrogens is 1. The van der Waals surface area contributed by atoms with Crippen LogP contribution in [-0.4, -0.2) is 61.9 Å². The first-order chi connectivity index (χ1) is 10.5. The summed E-state index contributed by atoms with van der Waals surface area (Å²) in [5.41, 5.74) is 0.491. The second kappa shape index (κ2) is 6.85. The second-order valence-corrected chi connectivity index (χ2v) is 4.67. The highest BCUT2D eigenvalue weighted by molar-refractivity contribution is 6.02. The van der Waals surface area contributed by atoms with Gasteiger partial charge in [0.2, 0.25) is 0 Å². The molecule has 2 N–H and O–H groups in total. The predicted molar refractivity (Wildman–Crippen MR) is 75.4 cm³/mol. The quantitative estimate of drug-likeness (QED) is 0.751. The molecule has 0 saturated carbocycles. The van der Waals surface area contributed by atoms with Crippen LogP contribution >= 0.6 is 0 Å². The van der Waals surface area contributed by atoms with Gasteiger partial charge in [-0.1, -0.05) is 0 Å². The molecule has 118 valence electrons. The van der Waals surface area contributed by atoms with Crippen LogP contribution in [0.3, 0.4) is 0 Å². The van der Waals surface area contributed by atoms with Gasteiger partial charge in [0.15, 0.2) is 11.4 Å². The van der Waals surface area contributed by atoms with E-state index in [0.717, 1.165) is 5.56 Å². The zero-order valence-corrected chi connectivity index (χ0v) is 12.3. The van der Waals surface area contributed by atoms with Crippen LogP contribution in [0.4, 0.5) is 0 Å². The summed E-state index contributed by atoms with van der Waals surface area (Å²) in [6.45, 7) is 0.941. The molecule has 22 heavy (non-hydrogen) atoms. The number of carboxylic acid groups (broad SMARTS) is 1. The number of aromatic nitrogens is 4. The van der Waals surface area contributed by atoms with Crippen LogP contribution in [0.25, 0.3) is 0 Å². The number of aryl methyl sites for hydroxylation is 1. The Balaban J connectivity index is 2.21. The molecule has 0 radical (unpaired) electrons. The van der Waals surface area contributed by atoms with Gasteiger partial charge in [0, 0.05) is 39.0 Å². The Morgan fingerprint density at radius 2 is 2.27 bits per heavy atom. The average Bonchev–Trinajstić information content (AvgIpc) is 3.11. The first-order valence-corrected chi connectivity index (χ1v) is 6.55. The first-order valence-electron chi connectivity index (χ1n) is 6.55. The summed E-state index contributed by atoms with van der Waals surface area (Å²) >= 11 is 0. The molecule has 0 unspecified atom stereocenters. The average molecular weight is 307 g/mol. The fraction of sp³-hybridized carbons (Fsp3) is 0.385. The molecule has 0 bridgehead atoms. The van der Waals surface area contributed by atoms with E-state index in [1.165, 1.54) is 18.3 Å². The Morgan fingerprint density at radius 3 is 2.86 bits per heavy atom. The Hall–Kier alpha value is -2.68. The molecule has 0 saturated heterocycles. The molecule has 0 aliphatic rings. The number of imidazole rings is 1. The van der Waals surface area contributed by atoms with E-state index in [1.807, 2.05) is 0 Å². The number of hydrogen-bond donors (Lipinski definition) is 2. The molecule has 2 aromatic rings. The van der Waals surface area contributed by atoms with E-state index in [9.17, 15) is 9.59 Å². The van der Waals surface area contributed by atoms with E-state index in [4.69, 9.17) is 9.84 Å². The van der Waals surface area contributed by atoms with E-state index in [0.29, 0.717) is 19.7 Å². The molecule has 0 aliphatic heterocycles. The number of nitrogens with zero attached hydrogens (tertiary/aromatic N) is 4. The molecule has 2 aromatic heterocycles. The fourth-order valence-electron chi connectivity index (χ4n) is 2.00. The largest absolute Gasteiger partial charge is 0.477 e. The minimum Gasteiger partial charge on any atom is -0.477 e. The minimum absolute atomic E-state index is 0.118. The Kier molecular flexibility index (Phi) is 4.89.